The summed E-state index contributed by atoms with van der Waals surface area (Å²) in [6.45, 7) is 5.93. The fraction of sp³-hybridized carbons (Fsp3) is 0.818. The highest BCUT2D eigenvalue weighted by molar-refractivity contribution is 5.63. The van der Waals surface area contributed by atoms with E-state index >= 15 is 0 Å². The second-order valence-corrected chi connectivity index (χ2v) is 4.34. The molecule has 3 fully saturated rings. The van der Waals surface area contributed by atoms with Gasteiger partial charge in [-0.2, -0.15) is 0 Å². The Morgan fingerprint density at radius 2 is 1.47 bits per heavy atom. The highest BCUT2D eigenvalue weighted by Gasteiger charge is 2.31. The molecule has 0 spiro atoms. The summed E-state index contributed by atoms with van der Waals surface area (Å²) in [5, 5.41) is 14.8. The second-order valence-electron chi connectivity index (χ2n) is 4.34. The van der Waals surface area contributed by atoms with Gasteiger partial charge in [0.05, 0.1) is 0 Å². The minimum absolute atomic E-state index is 0.493. The van der Waals surface area contributed by atoms with E-state index in [4.69, 9.17) is 25.5 Å². The van der Waals surface area contributed by atoms with Crippen molar-refractivity contribution in [3.63, 3.8) is 0 Å². The Morgan fingerprint density at radius 3 is 1.59 bits per heavy atom. The number of carbonyl (C=O) groups is 2. The minimum Gasteiger partial charge on any atom is -0.481 e. The average Bonchev–Trinajstić information content (AvgIpc) is 2.17. The normalized spacial score (nSPS) is 29.2. The van der Waals surface area contributed by atoms with Crippen molar-refractivity contribution in [3.05, 3.63) is 0 Å². The third-order valence-corrected chi connectivity index (χ3v) is 2.71. The third-order valence-electron chi connectivity index (χ3n) is 2.71. The summed E-state index contributed by atoms with van der Waals surface area (Å²) in [4.78, 5) is 20.5. The van der Waals surface area contributed by atoms with E-state index in [-0.39, 0.29) is 0 Å². The largest absolute Gasteiger partial charge is 0.481 e. The molecular weight excluding hydrogens is 224 g/mol. The lowest BCUT2D eigenvalue weighted by Gasteiger charge is -2.43. The van der Waals surface area contributed by atoms with Crippen molar-refractivity contribution >= 4 is 11.9 Å². The first-order valence-electron chi connectivity index (χ1n) is 5.70. The molecule has 17 heavy (non-hydrogen) atoms. The summed E-state index contributed by atoms with van der Waals surface area (Å²) in [5.74, 6) is -0.810. The highest BCUT2D eigenvalue weighted by atomic mass is 16.4. The Hall–Kier alpha value is -1.14. The molecule has 2 bridgehead atoms. The van der Waals surface area contributed by atoms with Crippen LogP contribution in [0.4, 0.5) is 0 Å². The summed E-state index contributed by atoms with van der Waals surface area (Å²) in [5.41, 5.74) is 5.88. The van der Waals surface area contributed by atoms with Crippen LogP contribution in [0, 0.1) is 5.92 Å². The van der Waals surface area contributed by atoms with Gasteiger partial charge in [-0.3, -0.25) is 9.59 Å². The van der Waals surface area contributed by atoms with Crippen molar-refractivity contribution in [2.45, 2.75) is 32.7 Å². The standard InChI is InChI=1S/C7H14N2.2C2H4O2/c8-7-5-9-3-1-6(7)2-4-9;2*1-2(3)4/h6-7H,1-5,8H2;2*1H3,(H,3,4). The van der Waals surface area contributed by atoms with E-state index in [0.717, 1.165) is 26.3 Å². The summed E-state index contributed by atoms with van der Waals surface area (Å²) in [6, 6.07) is 0.493. The zero-order chi connectivity index (χ0) is 13.4. The molecule has 3 aliphatic rings. The topological polar surface area (TPSA) is 104 Å². The van der Waals surface area contributed by atoms with Crippen LogP contribution in [0.3, 0.4) is 0 Å². The molecule has 0 aromatic rings. The van der Waals surface area contributed by atoms with Gasteiger partial charge in [-0.05, 0) is 31.8 Å². The Kier molecular flexibility index (Phi) is 7.49. The number of hydrogen-bond acceptors (Lipinski definition) is 4. The lowest BCUT2D eigenvalue weighted by atomic mass is 9.85. The van der Waals surface area contributed by atoms with Gasteiger partial charge >= 0.3 is 0 Å². The Balaban J connectivity index is 0.000000274. The van der Waals surface area contributed by atoms with Gasteiger partial charge in [0.1, 0.15) is 0 Å². The molecule has 0 aromatic carbocycles. The van der Waals surface area contributed by atoms with E-state index in [9.17, 15) is 0 Å². The first kappa shape index (κ1) is 15.9. The number of aliphatic carboxylic acids is 2. The van der Waals surface area contributed by atoms with Crippen LogP contribution >= 0.6 is 0 Å². The van der Waals surface area contributed by atoms with E-state index in [1.54, 1.807) is 0 Å². The van der Waals surface area contributed by atoms with Crippen LogP contribution < -0.4 is 5.73 Å². The Bertz CT molecular complexity index is 230. The molecule has 4 N–H and O–H groups in total. The molecule has 3 saturated heterocycles. The molecule has 0 aliphatic carbocycles. The predicted octanol–water partition coefficient (Wildman–Crippen LogP) is 0.221. The first-order valence-corrected chi connectivity index (χ1v) is 5.70. The van der Waals surface area contributed by atoms with Gasteiger partial charge in [0.15, 0.2) is 0 Å². The monoisotopic (exact) mass is 246 g/mol. The highest BCUT2D eigenvalue weighted by Crippen LogP contribution is 2.25. The van der Waals surface area contributed by atoms with Crippen LogP contribution in [0.25, 0.3) is 0 Å². The number of carboxylic acids is 2. The van der Waals surface area contributed by atoms with E-state index in [1.807, 2.05) is 0 Å². The van der Waals surface area contributed by atoms with Crippen LogP contribution in [0.2, 0.25) is 0 Å². The SMILES string of the molecule is CC(=O)O.CC(=O)O.NC1CN2CCC1CC2. The molecule has 3 heterocycles. The quantitative estimate of drug-likeness (QED) is 0.565. The summed E-state index contributed by atoms with van der Waals surface area (Å²) in [7, 11) is 0. The van der Waals surface area contributed by atoms with E-state index < -0.39 is 11.9 Å². The lowest BCUT2D eigenvalue weighted by Crippen LogP contribution is -2.54. The van der Waals surface area contributed by atoms with Gasteiger partial charge in [0, 0.05) is 26.4 Å². The van der Waals surface area contributed by atoms with Crippen LogP contribution in [0.1, 0.15) is 26.7 Å². The van der Waals surface area contributed by atoms with E-state index in [1.165, 1.54) is 25.9 Å². The van der Waals surface area contributed by atoms with Gasteiger partial charge in [-0.15, -0.1) is 0 Å². The predicted molar refractivity (Wildman–Crippen MR) is 63.8 cm³/mol. The maximum absolute atomic E-state index is 9.00. The van der Waals surface area contributed by atoms with Gasteiger partial charge < -0.3 is 20.8 Å². The van der Waals surface area contributed by atoms with Crippen molar-refractivity contribution in [2.75, 3.05) is 19.6 Å². The lowest BCUT2D eigenvalue weighted by molar-refractivity contribution is -0.135. The number of fused-ring (bicyclic) bond motifs is 3. The first-order chi connectivity index (χ1) is 7.82. The minimum atomic E-state index is -0.833. The molecule has 1 atom stereocenters. The van der Waals surface area contributed by atoms with Crippen molar-refractivity contribution < 1.29 is 19.8 Å². The number of rotatable bonds is 0. The average molecular weight is 246 g/mol. The molecule has 100 valence electrons. The van der Waals surface area contributed by atoms with Gasteiger partial charge in [0.25, 0.3) is 11.9 Å². The van der Waals surface area contributed by atoms with Crippen LogP contribution in [-0.4, -0.2) is 52.7 Å². The number of nitrogens with zero attached hydrogens (tertiary/aromatic N) is 1. The molecular formula is C11H22N2O4. The molecule has 0 saturated carbocycles. The molecule has 6 heteroatoms. The van der Waals surface area contributed by atoms with Gasteiger partial charge in [0.2, 0.25) is 0 Å². The second kappa shape index (κ2) is 8.03. The fourth-order valence-electron chi connectivity index (χ4n) is 2.01. The van der Waals surface area contributed by atoms with Crippen LogP contribution in [-0.2, 0) is 9.59 Å². The van der Waals surface area contributed by atoms with Crippen molar-refractivity contribution in [3.8, 4) is 0 Å². The summed E-state index contributed by atoms with van der Waals surface area (Å²) >= 11 is 0. The number of carboxylic acid groups (broad SMARTS) is 2. The molecule has 6 nitrogen and oxygen atoms in total. The van der Waals surface area contributed by atoms with Crippen molar-refractivity contribution in [1.29, 1.82) is 0 Å². The molecule has 3 rings (SSSR count). The number of piperidine rings is 3. The molecule has 3 aliphatic heterocycles. The van der Waals surface area contributed by atoms with Crippen LogP contribution in [0.15, 0.2) is 0 Å². The third kappa shape index (κ3) is 8.65. The van der Waals surface area contributed by atoms with Gasteiger partial charge in [-0.1, -0.05) is 0 Å². The molecule has 1 unspecified atom stereocenters. The maximum Gasteiger partial charge on any atom is 0.300 e. The van der Waals surface area contributed by atoms with Crippen LogP contribution in [0.5, 0.6) is 0 Å². The van der Waals surface area contributed by atoms with E-state index in [2.05, 4.69) is 4.90 Å². The molecule has 0 amide bonds. The number of hydrogen-bond donors (Lipinski definition) is 3. The zero-order valence-electron chi connectivity index (χ0n) is 10.4. The zero-order valence-corrected chi connectivity index (χ0v) is 10.4. The maximum atomic E-state index is 9.00. The summed E-state index contributed by atoms with van der Waals surface area (Å²) < 4.78 is 0. The summed E-state index contributed by atoms with van der Waals surface area (Å²) in [6.07, 6.45) is 2.70. The molecule has 0 radical (unpaired) electrons. The van der Waals surface area contributed by atoms with Gasteiger partial charge in [-0.25, -0.2) is 0 Å². The fourth-order valence-corrected chi connectivity index (χ4v) is 2.01. The van der Waals surface area contributed by atoms with E-state index in [0.29, 0.717) is 6.04 Å². The Labute approximate surface area is 101 Å². The van der Waals surface area contributed by atoms with Crippen molar-refractivity contribution in [1.82, 2.24) is 4.90 Å². The Morgan fingerprint density at radius 1 is 1.12 bits per heavy atom. The van der Waals surface area contributed by atoms with Crippen molar-refractivity contribution in [2.24, 2.45) is 11.7 Å². The molecule has 0 aromatic heterocycles. The smallest absolute Gasteiger partial charge is 0.300 e. The number of nitrogens with two attached hydrogens (primary N) is 1.